The van der Waals surface area contributed by atoms with Crippen molar-refractivity contribution in [3.8, 4) is 0 Å². The topological polar surface area (TPSA) is 115 Å². The number of ether oxygens (including phenoxy) is 2. The fourth-order valence-electron chi connectivity index (χ4n) is 7.61. The Morgan fingerprint density at radius 3 is 2.10 bits per heavy atom. The van der Waals surface area contributed by atoms with Crippen molar-refractivity contribution >= 4 is 61.7 Å². The fourth-order valence-corrected chi connectivity index (χ4v) is 8.28. The molecule has 0 radical (unpaired) electrons. The van der Waals surface area contributed by atoms with E-state index in [9.17, 15) is 19.2 Å². The van der Waals surface area contributed by atoms with Gasteiger partial charge in [-0.3, -0.25) is 9.69 Å². The molecule has 14 heteroatoms. The van der Waals surface area contributed by atoms with Crippen LogP contribution in [0, 0.1) is 0 Å². The lowest BCUT2D eigenvalue weighted by molar-refractivity contribution is -0.142. The molecule has 4 heterocycles. The van der Waals surface area contributed by atoms with E-state index in [-0.39, 0.29) is 30.5 Å². The van der Waals surface area contributed by atoms with Crippen LogP contribution in [0.15, 0.2) is 51.4 Å². The van der Waals surface area contributed by atoms with Gasteiger partial charge in [0.15, 0.2) is 6.10 Å². The third-order valence-electron chi connectivity index (χ3n) is 10.5. The molecule has 0 aromatic heterocycles. The number of anilines is 1. The zero-order valence-electron chi connectivity index (χ0n) is 30.3. The monoisotopic (exact) mass is 844 g/mol. The summed E-state index contributed by atoms with van der Waals surface area (Å²) in [6, 6.07) is 13.9. The van der Waals surface area contributed by atoms with Gasteiger partial charge in [-0.15, -0.1) is 0 Å². The molecule has 1 atom stereocenters. The molecule has 0 bridgehead atoms. The van der Waals surface area contributed by atoms with Gasteiger partial charge in [-0.05, 0) is 114 Å². The van der Waals surface area contributed by atoms with Gasteiger partial charge in [-0.2, -0.15) is 0 Å². The summed E-state index contributed by atoms with van der Waals surface area (Å²) in [6.07, 6.45) is 2.18. The molecular formula is C38H50Br2N6O6. The average molecular weight is 847 g/mol. The number of urea groups is 1. The van der Waals surface area contributed by atoms with Crippen LogP contribution in [0.5, 0.6) is 0 Å². The molecule has 3 saturated heterocycles. The third-order valence-corrected chi connectivity index (χ3v) is 12.4. The molecule has 5 amide bonds. The number of rotatable bonds is 6. The molecule has 2 aromatic carbocycles. The van der Waals surface area contributed by atoms with Gasteiger partial charge in [-0.25, -0.2) is 14.4 Å². The molecule has 0 aliphatic carbocycles. The number of benzene rings is 2. The van der Waals surface area contributed by atoms with Gasteiger partial charge in [0.25, 0.3) is 5.91 Å². The van der Waals surface area contributed by atoms with Crippen molar-refractivity contribution in [2.75, 3.05) is 64.2 Å². The van der Waals surface area contributed by atoms with E-state index < -0.39 is 17.8 Å². The Bertz CT molecular complexity index is 1610. The molecule has 1 N–H and O–H groups in total. The number of nitrogens with zero attached hydrogens (tertiary/aromatic N) is 5. The van der Waals surface area contributed by atoms with Crippen LogP contribution >= 0.6 is 31.9 Å². The molecule has 6 rings (SSSR count). The molecule has 282 valence electrons. The Hall–Kier alpha value is -3.36. The summed E-state index contributed by atoms with van der Waals surface area (Å²) in [6.45, 7) is 11.0. The molecule has 4 aliphatic heterocycles. The van der Waals surface area contributed by atoms with Gasteiger partial charge in [0.1, 0.15) is 5.60 Å². The number of halogens is 2. The number of nitrogens with one attached hydrogen (secondary N) is 1. The standard InChI is InChI=1S/C38H50Br2N6O6/c1-38(2,3)52-37(50)45-22-20-42(21-23-45)28-11-15-43(16-12-28)34(47)33(25-26-8-9-30(39)31(40)24-26)51-36(49)44-17-13-29(14-18-44)46-19-10-27-6-4-5-7-32(27)41-35(46)48/h4-9,24,28-29,33H,10-23,25H2,1-3H3,(H,41,48)/t33-/m1/s1. The third kappa shape index (κ3) is 9.59. The first kappa shape index (κ1) is 38.4. The Kier molecular flexibility index (Phi) is 12.4. The van der Waals surface area contributed by atoms with Gasteiger partial charge in [-0.1, -0.05) is 24.3 Å². The molecule has 4 aliphatic rings. The summed E-state index contributed by atoms with van der Waals surface area (Å²) in [7, 11) is 0. The number of carbonyl (C=O) groups excluding carboxylic acids is 4. The van der Waals surface area contributed by atoms with Crippen molar-refractivity contribution in [1.29, 1.82) is 0 Å². The maximum absolute atomic E-state index is 14.1. The number of piperidine rings is 2. The van der Waals surface area contributed by atoms with Crippen LogP contribution in [0.3, 0.4) is 0 Å². The summed E-state index contributed by atoms with van der Waals surface area (Å²) in [5.41, 5.74) is 2.33. The zero-order chi connectivity index (χ0) is 37.0. The predicted octanol–water partition coefficient (Wildman–Crippen LogP) is 6.36. The van der Waals surface area contributed by atoms with Crippen LogP contribution in [0.1, 0.15) is 57.6 Å². The minimum absolute atomic E-state index is 0.0116. The quantitative estimate of drug-likeness (QED) is 0.360. The van der Waals surface area contributed by atoms with Gasteiger partial charge in [0, 0.05) is 92.0 Å². The second kappa shape index (κ2) is 16.8. The number of carbonyl (C=O) groups is 4. The first-order valence-corrected chi connectivity index (χ1v) is 20.0. The molecule has 12 nitrogen and oxygen atoms in total. The van der Waals surface area contributed by atoms with E-state index in [1.807, 2.05) is 73.0 Å². The van der Waals surface area contributed by atoms with Gasteiger partial charge in [0.05, 0.1) is 0 Å². The molecule has 0 unspecified atom stereocenters. The van der Waals surface area contributed by atoms with Crippen molar-refractivity contribution in [2.45, 2.75) is 83.1 Å². The Morgan fingerprint density at radius 2 is 1.42 bits per heavy atom. The van der Waals surface area contributed by atoms with E-state index >= 15 is 0 Å². The first-order chi connectivity index (χ1) is 24.8. The van der Waals surface area contributed by atoms with E-state index in [1.165, 1.54) is 0 Å². The van der Waals surface area contributed by atoms with Crippen molar-refractivity contribution in [3.05, 3.63) is 62.5 Å². The maximum Gasteiger partial charge on any atom is 0.410 e. The Morgan fingerprint density at radius 1 is 0.788 bits per heavy atom. The van der Waals surface area contributed by atoms with Gasteiger partial charge in [0.2, 0.25) is 0 Å². The van der Waals surface area contributed by atoms with E-state index in [0.717, 1.165) is 58.1 Å². The number of hydrogen-bond acceptors (Lipinski definition) is 7. The normalized spacial score (nSPS) is 20.1. The summed E-state index contributed by atoms with van der Waals surface area (Å²) >= 11 is 7.08. The second-order valence-corrected chi connectivity index (χ2v) is 16.8. The predicted molar refractivity (Wildman–Crippen MR) is 205 cm³/mol. The highest BCUT2D eigenvalue weighted by molar-refractivity contribution is 9.13. The molecule has 0 spiro atoms. The van der Waals surface area contributed by atoms with Crippen molar-refractivity contribution < 1.29 is 28.7 Å². The lowest BCUT2D eigenvalue weighted by Gasteiger charge is -2.43. The van der Waals surface area contributed by atoms with Crippen LogP contribution in [0.4, 0.5) is 20.1 Å². The van der Waals surface area contributed by atoms with Crippen LogP contribution in [0.25, 0.3) is 0 Å². The summed E-state index contributed by atoms with van der Waals surface area (Å²) < 4.78 is 13.4. The Balaban J connectivity index is 1.03. The van der Waals surface area contributed by atoms with E-state index in [1.54, 1.807) is 9.80 Å². The first-order valence-electron chi connectivity index (χ1n) is 18.4. The zero-order valence-corrected chi connectivity index (χ0v) is 33.5. The highest BCUT2D eigenvalue weighted by Gasteiger charge is 2.37. The number of hydrogen-bond donors (Lipinski definition) is 1. The molecular weight excluding hydrogens is 796 g/mol. The van der Waals surface area contributed by atoms with Crippen LogP contribution in [-0.2, 0) is 27.1 Å². The van der Waals surface area contributed by atoms with Crippen molar-refractivity contribution in [2.24, 2.45) is 0 Å². The minimum Gasteiger partial charge on any atom is -0.444 e. The number of piperazine rings is 1. The van der Waals surface area contributed by atoms with Crippen LogP contribution in [0.2, 0.25) is 0 Å². The number of likely N-dealkylation sites (tertiary alicyclic amines) is 2. The second-order valence-electron chi connectivity index (χ2n) is 15.1. The van der Waals surface area contributed by atoms with E-state index in [4.69, 9.17) is 9.47 Å². The van der Waals surface area contributed by atoms with Gasteiger partial charge >= 0.3 is 18.2 Å². The van der Waals surface area contributed by atoms with Gasteiger partial charge < -0.3 is 34.4 Å². The van der Waals surface area contributed by atoms with E-state index in [0.29, 0.717) is 64.7 Å². The SMILES string of the molecule is CC(C)(C)OC(=O)N1CCN(C2CCN(C(=O)[C@@H](Cc3ccc(Br)c(Br)c3)OC(=O)N3CCC(N4CCc5ccccc5NC4=O)CC3)CC2)CC1. The maximum atomic E-state index is 14.1. The highest BCUT2D eigenvalue weighted by Crippen LogP contribution is 2.28. The summed E-state index contributed by atoms with van der Waals surface area (Å²) in [4.78, 5) is 63.0. The fraction of sp³-hybridized carbons (Fsp3) is 0.579. The smallest absolute Gasteiger partial charge is 0.410 e. The summed E-state index contributed by atoms with van der Waals surface area (Å²) in [5, 5.41) is 3.05. The molecule has 52 heavy (non-hydrogen) atoms. The largest absolute Gasteiger partial charge is 0.444 e. The average Bonchev–Trinajstić information content (AvgIpc) is 3.30. The van der Waals surface area contributed by atoms with Crippen LogP contribution < -0.4 is 5.32 Å². The molecule has 0 saturated carbocycles. The Labute approximate surface area is 323 Å². The number of amides is 5. The minimum atomic E-state index is -0.970. The van der Waals surface area contributed by atoms with Crippen molar-refractivity contribution in [1.82, 2.24) is 24.5 Å². The van der Waals surface area contributed by atoms with Crippen molar-refractivity contribution in [3.63, 3.8) is 0 Å². The lowest BCUT2D eigenvalue weighted by Crippen LogP contribution is -2.56. The van der Waals surface area contributed by atoms with E-state index in [2.05, 4.69) is 42.1 Å². The molecule has 3 fully saturated rings. The van der Waals surface area contributed by atoms with Crippen LogP contribution in [-0.4, -0.2) is 131 Å². The summed E-state index contributed by atoms with van der Waals surface area (Å²) in [5.74, 6) is -0.184. The lowest BCUT2D eigenvalue weighted by atomic mass is 10.0. The highest BCUT2D eigenvalue weighted by atomic mass is 79.9. The number of para-hydroxylation sites is 1. The molecule has 2 aromatic rings. The number of fused-ring (bicyclic) bond motifs is 1.